The van der Waals surface area contributed by atoms with Gasteiger partial charge in [-0.2, -0.15) is 0 Å². The first-order valence-corrected chi connectivity index (χ1v) is 11.6. The number of pyridine rings is 1. The van der Waals surface area contributed by atoms with Gasteiger partial charge in [0, 0.05) is 35.6 Å². The molecule has 3 aromatic heterocycles. The molecule has 0 saturated carbocycles. The Morgan fingerprint density at radius 3 is 2.80 bits per heavy atom. The summed E-state index contributed by atoms with van der Waals surface area (Å²) in [5.74, 6) is 5.39. The van der Waals surface area contributed by atoms with Crippen LogP contribution in [-0.2, 0) is 4.79 Å². The van der Waals surface area contributed by atoms with E-state index in [1.807, 2.05) is 21.4 Å². The lowest BCUT2D eigenvalue weighted by atomic mass is 10.0. The number of halogens is 1. The van der Waals surface area contributed by atoms with E-state index in [9.17, 15) is 9.59 Å². The van der Waals surface area contributed by atoms with Gasteiger partial charge in [-0.1, -0.05) is 29.7 Å². The van der Waals surface area contributed by atoms with Crippen molar-refractivity contribution < 1.29 is 9.59 Å². The van der Waals surface area contributed by atoms with Crippen LogP contribution in [0.4, 0.5) is 5.82 Å². The average Bonchev–Trinajstić information content (AvgIpc) is 3.50. The van der Waals surface area contributed by atoms with E-state index in [1.165, 1.54) is 0 Å². The Morgan fingerprint density at radius 2 is 2.03 bits per heavy atom. The van der Waals surface area contributed by atoms with Gasteiger partial charge in [0.2, 0.25) is 0 Å². The molecule has 4 heterocycles. The number of benzene rings is 1. The Bertz CT molecular complexity index is 1490. The van der Waals surface area contributed by atoms with E-state index in [1.54, 1.807) is 56.0 Å². The number of rotatable bonds is 4. The van der Waals surface area contributed by atoms with E-state index in [4.69, 9.17) is 11.6 Å². The molecule has 1 aromatic carbocycles. The first-order chi connectivity index (χ1) is 17.1. The smallest absolute Gasteiger partial charge is 0.298 e. The van der Waals surface area contributed by atoms with Gasteiger partial charge < -0.3 is 10.2 Å². The summed E-state index contributed by atoms with van der Waals surface area (Å²) in [6.07, 6.45) is 6.86. The number of carbonyl (C=O) groups is 2. The van der Waals surface area contributed by atoms with Gasteiger partial charge in [-0.15, -0.1) is 0 Å². The monoisotopic (exact) mass is 483 g/mol. The van der Waals surface area contributed by atoms with Crippen LogP contribution in [0.2, 0.25) is 5.02 Å². The minimum atomic E-state index is -0.295. The topological polar surface area (TPSA) is 79.6 Å². The number of carbonyl (C=O) groups excluding carboxylic acids is 2. The lowest BCUT2D eigenvalue weighted by Gasteiger charge is -2.22. The molecule has 1 atom stereocenters. The molecule has 0 bridgehead atoms. The van der Waals surface area contributed by atoms with E-state index in [0.29, 0.717) is 22.9 Å². The Hall–Kier alpha value is -4.15. The normalized spacial score (nSPS) is 15.0. The summed E-state index contributed by atoms with van der Waals surface area (Å²) in [6.45, 7) is 2.35. The van der Waals surface area contributed by atoms with Gasteiger partial charge in [-0.05, 0) is 62.1 Å². The molecule has 1 N–H and O–H groups in total. The van der Waals surface area contributed by atoms with E-state index in [-0.39, 0.29) is 17.9 Å². The molecular formula is C27H22ClN5O2. The molecule has 1 unspecified atom stereocenters. The number of hydrogen-bond acceptors (Lipinski definition) is 4. The molecule has 35 heavy (non-hydrogen) atoms. The zero-order valence-electron chi connectivity index (χ0n) is 19.0. The summed E-state index contributed by atoms with van der Waals surface area (Å²) in [6, 6.07) is 14.4. The number of anilines is 1. The van der Waals surface area contributed by atoms with Gasteiger partial charge in [-0.3, -0.25) is 14.0 Å². The van der Waals surface area contributed by atoms with E-state index < -0.39 is 0 Å². The fourth-order valence-electron chi connectivity index (χ4n) is 4.55. The molecule has 5 rings (SSSR count). The lowest BCUT2D eigenvalue weighted by Crippen LogP contribution is -2.29. The number of fused-ring (bicyclic) bond motifs is 1. The zero-order valence-corrected chi connectivity index (χ0v) is 19.8. The van der Waals surface area contributed by atoms with Crippen molar-refractivity contribution in [3.63, 3.8) is 0 Å². The number of nitrogens with zero attached hydrogens (tertiary/aromatic N) is 4. The van der Waals surface area contributed by atoms with Crippen LogP contribution < -0.4 is 5.32 Å². The van der Waals surface area contributed by atoms with Crippen LogP contribution in [0, 0.1) is 11.8 Å². The molecule has 8 heteroatoms. The number of amides is 2. The Morgan fingerprint density at radius 1 is 1.14 bits per heavy atom. The van der Waals surface area contributed by atoms with Crippen LogP contribution in [0.25, 0.3) is 16.8 Å². The molecule has 0 radical (unpaired) electrons. The Kier molecular flexibility index (Phi) is 6.21. The summed E-state index contributed by atoms with van der Waals surface area (Å²) in [5, 5.41) is 3.20. The van der Waals surface area contributed by atoms with Crippen molar-refractivity contribution in [1.29, 1.82) is 0 Å². The molecule has 0 aliphatic carbocycles. The van der Waals surface area contributed by atoms with Gasteiger partial charge in [0.25, 0.3) is 11.8 Å². The van der Waals surface area contributed by atoms with E-state index in [0.717, 1.165) is 35.2 Å². The maximum Gasteiger partial charge on any atom is 0.298 e. The van der Waals surface area contributed by atoms with Crippen LogP contribution in [0.1, 0.15) is 41.7 Å². The summed E-state index contributed by atoms with van der Waals surface area (Å²) < 4.78 is 1.97. The standard InChI is InChI=1S/C27H22ClN5O2/c1-2-6-26(34)32-14-5-7-22(32)20-16-24(33-17-29-13-11-23(20)33)19-10-9-18(15-21(19)28)27(35)31-25-8-3-4-12-30-25/h3-4,8-13,15-17,22H,5,7,14H2,1H3,(H,30,31,35). The van der Waals surface area contributed by atoms with Crippen LogP contribution in [0.15, 0.2) is 67.3 Å². The van der Waals surface area contributed by atoms with Crippen molar-refractivity contribution in [3.8, 4) is 23.1 Å². The van der Waals surface area contributed by atoms with E-state index >= 15 is 0 Å². The second kappa shape index (κ2) is 9.61. The van der Waals surface area contributed by atoms with Gasteiger partial charge in [0.15, 0.2) is 0 Å². The van der Waals surface area contributed by atoms with Crippen molar-refractivity contribution in [3.05, 3.63) is 83.4 Å². The molecule has 1 aliphatic rings. The van der Waals surface area contributed by atoms with Crippen molar-refractivity contribution in [2.75, 3.05) is 11.9 Å². The molecule has 1 saturated heterocycles. The van der Waals surface area contributed by atoms with Gasteiger partial charge in [0.1, 0.15) is 5.82 Å². The maximum absolute atomic E-state index is 12.7. The summed E-state index contributed by atoms with van der Waals surface area (Å²) in [7, 11) is 0. The van der Waals surface area contributed by atoms with Crippen molar-refractivity contribution in [2.24, 2.45) is 0 Å². The largest absolute Gasteiger partial charge is 0.325 e. The van der Waals surface area contributed by atoms with Gasteiger partial charge >= 0.3 is 0 Å². The highest BCUT2D eigenvalue weighted by atomic mass is 35.5. The van der Waals surface area contributed by atoms with Gasteiger partial charge in [-0.25, -0.2) is 9.97 Å². The van der Waals surface area contributed by atoms with Crippen LogP contribution >= 0.6 is 11.6 Å². The highest BCUT2D eigenvalue weighted by Gasteiger charge is 2.32. The highest BCUT2D eigenvalue weighted by Crippen LogP contribution is 2.39. The minimum absolute atomic E-state index is 0.0725. The Balaban J connectivity index is 1.51. The van der Waals surface area contributed by atoms with Crippen molar-refractivity contribution >= 4 is 34.7 Å². The zero-order chi connectivity index (χ0) is 24.4. The molecule has 2 amide bonds. The molecule has 0 spiro atoms. The third kappa shape index (κ3) is 4.36. The minimum Gasteiger partial charge on any atom is -0.325 e. The number of hydrogen-bond donors (Lipinski definition) is 1. The summed E-state index contributed by atoms with van der Waals surface area (Å²) in [5.41, 5.74) is 4.01. The second-order valence-corrected chi connectivity index (χ2v) is 8.62. The fourth-order valence-corrected chi connectivity index (χ4v) is 4.83. The summed E-state index contributed by atoms with van der Waals surface area (Å²) in [4.78, 5) is 35.5. The second-order valence-electron chi connectivity index (χ2n) is 8.22. The lowest BCUT2D eigenvalue weighted by molar-refractivity contribution is -0.125. The quantitative estimate of drug-likeness (QED) is 0.415. The first kappa shape index (κ1) is 22.6. The third-order valence-electron chi connectivity index (χ3n) is 6.13. The molecule has 1 aliphatic heterocycles. The van der Waals surface area contributed by atoms with E-state index in [2.05, 4.69) is 33.2 Å². The summed E-state index contributed by atoms with van der Waals surface area (Å²) >= 11 is 6.69. The third-order valence-corrected chi connectivity index (χ3v) is 6.44. The number of likely N-dealkylation sites (tertiary alicyclic amines) is 1. The van der Waals surface area contributed by atoms with Crippen LogP contribution in [0.5, 0.6) is 0 Å². The number of aromatic nitrogens is 3. The van der Waals surface area contributed by atoms with Crippen molar-refractivity contribution in [1.82, 2.24) is 19.3 Å². The highest BCUT2D eigenvalue weighted by molar-refractivity contribution is 6.33. The SMILES string of the molecule is CC#CC(=O)N1CCCC1c1cc(-c2ccc(C(=O)Nc3ccccn3)cc2Cl)n2cnccc12. The molecule has 7 nitrogen and oxygen atoms in total. The average molecular weight is 484 g/mol. The van der Waals surface area contributed by atoms with Gasteiger partial charge in [0.05, 0.1) is 28.6 Å². The molecule has 1 fully saturated rings. The fraction of sp³-hybridized carbons (Fsp3) is 0.185. The molecule has 4 aromatic rings. The Labute approximate surface area is 207 Å². The maximum atomic E-state index is 12.7. The van der Waals surface area contributed by atoms with Crippen LogP contribution in [0.3, 0.4) is 0 Å². The predicted molar refractivity (Wildman–Crippen MR) is 135 cm³/mol. The predicted octanol–water partition coefficient (Wildman–Crippen LogP) is 4.99. The number of nitrogens with one attached hydrogen (secondary N) is 1. The van der Waals surface area contributed by atoms with Crippen molar-refractivity contribution in [2.45, 2.75) is 25.8 Å². The molecule has 174 valence electrons. The molecular weight excluding hydrogens is 462 g/mol. The van der Waals surface area contributed by atoms with Crippen LogP contribution in [-0.4, -0.2) is 37.6 Å². The first-order valence-electron chi connectivity index (χ1n) is 11.3.